The molecule has 3 rings (SSSR count). The molecule has 0 saturated heterocycles. The highest BCUT2D eigenvalue weighted by atomic mass is 79.9. The standard InChI is InChI=1S/C13H13BrN2OS/c1-6-5-7(2)15-13-9(6)10(14)11(18-13)12(17)16-8-3-4-8/h5,8H,3-4H2,1-2H3,(H,16,17). The molecular weight excluding hydrogens is 312 g/mol. The van der Waals surface area contributed by atoms with E-state index in [2.05, 4.69) is 33.2 Å². The van der Waals surface area contributed by atoms with Crippen molar-refractivity contribution in [2.24, 2.45) is 0 Å². The maximum atomic E-state index is 12.1. The second-order valence-corrected chi connectivity index (χ2v) is 6.55. The summed E-state index contributed by atoms with van der Waals surface area (Å²) in [6.07, 6.45) is 2.20. The minimum Gasteiger partial charge on any atom is -0.349 e. The monoisotopic (exact) mass is 324 g/mol. The molecule has 0 aromatic carbocycles. The Balaban J connectivity index is 2.09. The van der Waals surface area contributed by atoms with Gasteiger partial charge in [-0.05, 0) is 54.2 Å². The summed E-state index contributed by atoms with van der Waals surface area (Å²) in [5.41, 5.74) is 2.15. The van der Waals surface area contributed by atoms with Gasteiger partial charge in [0.15, 0.2) is 0 Å². The molecule has 1 N–H and O–H groups in total. The van der Waals surface area contributed by atoms with Crippen molar-refractivity contribution in [2.75, 3.05) is 0 Å². The molecule has 3 nitrogen and oxygen atoms in total. The van der Waals surface area contributed by atoms with Crippen molar-refractivity contribution in [3.05, 3.63) is 26.7 Å². The molecular formula is C13H13BrN2OS. The third-order valence-corrected chi connectivity index (χ3v) is 5.19. The van der Waals surface area contributed by atoms with Crippen LogP contribution in [0, 0.1) is 13.8 Å². The number of nitrogens with one attached hydrogen (secondary N) is 1. The van der Waals surface area contributed by atoms with E-state index in [1.165, 1.54) is 11.3 Å². The lowest BCUT2D eigenvalue weighted by Gasteiger charge is -2.01. The van der Waals surface area contributed by atoms with Gasteiger partial charge in [0.25, 0.3) is 5.91 Å². The summed E-state index contributed by atoms with van der Waals surface area (Å²) in [5.74, 6) is 0.0180. The highest BCUT2D eigenvalue weighted by Crippen LogP contribution is 2.37. The number of rotatable bonds is 2. The molecule has 0 atom stereocenters. The molecule has 1 saturated carbocycles. The number of carbonyl (C=O) groups excluding carboxylic acids is 1. The van der Waals surface area contributed by atoms with E-state index in [1.807, 2.05) is 13.0 Å². The molecule has 0 radical (unpaired) electrons. The van der Waals surface area contributed by atoms with Gasteiger partial charge in [0.1, 0.15) is 9.71 Å². The molecule has 0 bridgehead atoms. The highest BCUT2D eigenvalue weighted by Gasteiger charge is 2.26. The number of amides is 1. The van der Waals surface area contributed by atoms with E-state index in [-0.39, 0.29) is 5.91 Å². The highest BCUT2D eigenvalue weighted by molar-refractivity contribution is 9.10. The second-order valence-electron chi connectivity index (χ2n) is 4.75. The molecule has 1 fully saturated rings. The van der Waals surface area contributed by atoms with Gasteiger partial charge < -0.3 is 5.32 Å². The summed E-state index contributed by atoms with van der Waals surface area (Å²) in [5, 5.41) is 4.08. The first-order valence-electron chi connectivity index (χ1n) is 5.93. The van der Waals surface area contributed by atoms with E-state index in [0.29, 0.717) is 6.04 Å². The molecule has 5 heteroatoms. The molecule has 0 aliphatic heterocycles. The van der Waals surface area contributed by atoms with Crippen molar-refractivity contribution >= 4 is 43.4 Å². The number of halogens is 1. The van der Waals surface area contributed by atoms with Crippen LogP contribution in [-0.2, 0) is 0 Å². The predicted molar refractivity (Wildman–Crippen MR) is 77.3 cm³/mol. The van der Waals surface area contributed by atoms with Gasteiger partial charge in [0.05, 0.1) is 4.47 Å². The SMILES string of the molecule is Cc1cc(C)c2c(Br)c(C(=O)NC3CC3)sc2n1. The minimum absolute atomic E-state index is 0.0180. The number of aromatic nitrogens is 1. The van der Waals surface area contributed by atoms with Crippen molar-refractivity contribution in [1.82, 2.24) is 10.3 Å². The Morgan fingerprint density at radius 2 is 2.22 bits per heavy atom. The molecule has 1 amide bonds. The van der Waals surface area contributed by atoms with Crippen molar-refractivity contribution < 1.29 is 4.79 Å². The van der Waals surface area contributed by atoms with Crippen LogP contribution in [0.2, 0.25) is 0 Å². The van der Waals surface area contributed by atoms with Crippen molar-refractivity contribution in [3.8, 4) is 0 Å². The van der Waals surface area contributed by atoms with E-state index in [1.54, 1.807) is 0 Å². The number of nitrogens with zero attached hydrogens (tertiary/aromatic N) is 1. The van der Waals surface area contributed by atoms with E-state index < -0.39 is 0 Å². The Kier molecular flexibility index (Phi) is 2.90. The number of aryl methyl sites for hydroxylation is 2. The topological polar surface area (TPSA) is 42.0 Å². The van der Waals surface area contributed by atoms with Gasteiger partial charge in [-0.15, -0.1) is 11.3 Å². The summed E-state index contributed by atoms with van der Waals surface area (Å²) in [6, 6.07) is 2.42. The van der Waals surface area contributed by atoms with Crippen LogP contribution in [0.4, 0.5) is 0 Å². The van der Waals surface area contributed by atoms with Gasteiger partial charge in [0.2, 0.25) is 0 Å². The summed E-state index contributed by atoms with van der Waals surface area (Å²) >= 11 is 5.01. The van der Waals surface area contributed by atoms with Crippen LogP contribution in [0.3, 0.4) is 0 Å². The number of thiophene rings is 1. The first-order chi connectivity index (χ1) is 8.56. The van der Waals surface area contributed by atoms with Crippen LogP contribution in [0.15, 0.2) is 10.5 Å². The van der Waals surface area contributed by atoms with Gasteiger partial charge in [-0.1, -0.05) is 0 Å². The van der Waals surface area contributed by atoms with Crippen molar-refractivity contribution in [2.45, 2.75) is 32.7 Å². The van der Waals surface area contributed by atoms with E-state index in [4.69, 9.17) is 0 Å². The molecule has 2 aromatic rings. The van der Waals surface area contributed by atoms with Crippen molar-refractivity contribution in [1.29, 1.82) is 0 Å². The van der Waals surface area contributed by atoms with Crippen LogP contribution in [0.1, 0.15) is 33.8 Å². The Bertz CT molecular complexity index is 646. The fourth-order valence-corrected chi connectivity index (χ4v) is 4.17. The van der Waals surface area contributed by atoms with Crippen LogP contribution >= 0.6 is 27.3 Å². The Hall–Kier alpha value is -0.940. The average molecular weight is 325 g/mol. The zero-order valence-corrected chi connectivity index (χ0v) is 12.6. The molecule has 1 aliphatic rings. The van der Waals surface area contributed by atoms with Gasteiger partial charge in [0, 0.05) is 17.1 Å². The lowest BCUT2D eigenvalue weighted by atomic mass is 10.2. The third-order valence-electron chi connectivity index (χ3n) is 3.05. The van der Waals surface area contributed by atoms with Crippen LogP contribution in [0.5, 0.6) is 0 Å². The number of fused-ring (bicyclic) bond motifs is 1. The molecule has 18 heavy (non-hydrogen) atoms. The smallest absolute Gasteiger partial charge is 0.262 e. The summed E-state index contributed by atoms with van der Waals surface area (Å²) in [4.78, 5) is 18.3. The zero-order chi connectivity index (χ0) is 12.9. The minimum atomic E-state index is 0.0180. The largest absolute Gasteiger partial charge is 0.349 e. The first kappa shape index (κ1) is 12.1. The van der Waals surface area contributed by atoms with Gasteiger partial charge in [-0.25, -0.2) is 4.98 Å². The van der Waals surface area contributed by atoms with Crippen LogP contribution in [-0.4, -0.2) is 16.9 Å². The predicted octanol–water partition coefficient (Wildman–Crippen LogP) is 3.57. The molecule has 0 spiro atoms. The molecule has 2 aromatic heterocycles. The van der Waals surface area contributed by atoms with E-state index in [9.17, 15) is 4.79 Å². The number of pyridine rings is 1. The summed E-state index contributed by atoms with van der Waals surface area (Å²) in [7, 11) is 0. The Labute approximate surface area is 118 Å². The molecule has 1 aliphatic carbocycles. The fraction of sp³-hybridized carbons (Fsp3) is 0.385. The lowest BCUT2D eigenvalue weighted by Crippen LogP contribution is -2.24. The van der Waals surface area contributed by atoms with E-state index >= 15 is 0 Å². The Morgan fingerprint density at radius 3 is 2.89 bits per heavy atom. The van der Waals surface area contributed by atoms with Gasteiger partial charge in [-0.2, -0.15) is 0 Å². The maximum absolute atomic E-state index is 12.1. The number of carbonyl (C=O) groups is 1. The van der Waals surface area contributed by atoms with Gasteiger partial charge >= 0.3 is 0 Å². The second kappa shape index (κ2) is 4.31. The molecule has 2 heterocycles. The van der Waals surface area contributed by atoms with Crippen LogP contribution < -0.4 is 5.32 Å². The average Bonchev–Trinajstić information content (AvgIpc) is 3.02. The normalized spacial score (nSPS) is 15.1. The zero-order valence-electron chi connectivity index (χ0n) is 10.2. The number of hydrogen-bond donors (Lipinski definition) is 1. The third kappa shape index (κ3) is 2.06. The van der Waals surface area contributed by atoms with E-state index in [0.717, 1.165) is 43.7 Å². The molecule has 94 valence electrons. The first-order valence-corrected chi connectivity index (χ1v) is 7.54. The Morgan fingerprint density at radius 1 is 1.50 bits per heavy atom. The molecule has 0 unspecified atom stereocenters. The lowest BCUT2D eigenvalue weighted by molar-refractivity contribution is 0.0954. The van der Waals surface area contributed by atoms with Crippen LogP contribution in [0.25, 0.3) is 10.2 Å². The number of hydrogen-bond acceptors (Lipinski definition) is 3. The maximum Gasteiger partial charge on any atom is 0.262 e. The van der Waals surface area contributed by atoms with Crippen molar-refractivity contribution in [3.63, 3.8) is 0 Å². The summed E-state index contributed by atoms with van der Waals surface area (Å²) in [6.45, 7) is 4.03. The van der Waals surface area contributed by atoms with Gasteiger partial charge in [-0.3, -0.25) is 4.79 Å². The fourth-order valence-electron chi connectivity index (χ4n) is 2.02. The quantitative estimate of drug-likeness (QED) is 0.917. The summed E-state index contributed by atoms with van der Waals surface area (Å²) < 4.78 is 0.880.